The van der Waals surface area contributed by atoms with Gasteiger partial charge in [-0.15, -0.1) is 0 Å². The predicted molar refractivity (Wildman–Crippen MR) is 159 cm³/mol. The molecule has 3 aromatic rings. The third-order valence-electron chi connectivity index (χ3n) is 7.86. The SMILES string of the molecule is c1ccc(N=C2C(=Nc3ccccc3)N(C3CCCCC3)C(=NC3CCCCC3)N2c2ccccc2)cc1. The third kappa shape index (κ3) is 5.42. The van der Waals surface area contributed by atoms with E-state index >= 15 is 0 Å². The number of aliphatic imine (C=N–C) groups is 3. The Balaban J connectivity index is 1.58. The van der Waals surface area contributed by atoms with Gasteiger partial charge in [0, 0.05) is 6.04 Å². The second-order valence-electron chi connectivity index (χ2n) is 10.6. The number of amidine groups is 2. The summed E-state index contributed by atoms with van der Waals surface area (Å²) in [5.74, 6) is 2.76. The topological polar surface area (TPSA) is 43.6 Å². The molecule has 0 atom stereocenters. The van der Waals surface area contributed by atoms with Gasteiger partial charge < -0.3 is 0 Å². The van der Waals surface area contributed by atoms with Gasteiger partial charge in [-0.25, -0.2) is 15.0 Å². The van der Waals surface area contributed by atoms with E-state index in [2.05, 4.69) is 76.5 Å². The van der Waals surface area contributed by atoms with Gasteiger partial charge in [0.15, 0.2) is 11.7 Å². The van der Waals surface area contributed by atoms with Crippen molar-refractivity contribution in [3.05, 3.63) is 91.0 Å². The average Bonchev–Trinajstić information content (AvgIpc) is 3.27. The summed E-state index contributed by atoms with van der Waals surface area (Å²) in [5, 5.41) is 0. The largest absolute Gasteiger partial charge is 0.290 e. The Morgan fingerprint density at radius 3 is 1.61 bits per heavy atom. The van der Waals surface area contributed by atoms with Crippen LogP contribution >= 0.6 is 0 Å². The highest BCUT2D eigenvalue weighted by Gasteiger charge is 2.44. The van der Waals surface area contributed by atoms with Gasteiger partial charge in [-0.05, 0) is 62.1 Å². The number of hydrogen-bond acceptors (Lipinski definition) is 3. The predicted octanol–water partition coefficient (Wildman–Crippen LogP) is 8.29. The Bertz CT molecular complexity index is 1270. The molecule has 0 N–H and O–H groups in total. The summed E-state index contributed by atoms with van der Waals surface area (Å²) >= 11 is 0. The maximum atomic E-state index is 5.54. The molecule has 2 saturated carbocycles. The Morgan fingerprint density at radius 1 is 0.526 bits per heavy atom. The standard InChI is InChI=1S/C33H37N5/c1-6-16-26(17-7-1)34-31-32(35-27-18-8-2-9-19-27)38(30-24-14-5-15-25-30)33(36-28-20-10-3-11-21-28)37(31)29-22-12-4-13-23-29/h1-2,4,6-9,12-13,16-19,22-23,28,30H,3,5,10-11,14-15,20-21,24-25H2. The van der Waals surface area contributed by atoms with Crippen LogP contribution in [0.2, 0.25) is 0 Å². The molecular weight excluding hydrogens is 466 g/mol. The zero-order valence-corrected chi connectivity index (χ0v) is 22.1. The first-order valence-electron chi connectivity index (χ1n) is 14.4. The number of guanidine groups is 1. The van der Waals surface area contributed by atoms with E-state index in [-0.39, 0.29) is 0 Å². The monoisotopic (exact) mass is 503 g/mol. The lowest BCUT2D eigenvalue weighted by Crippen LogP contribution is -2.44. The maximum absolute atomic E-state index is 5.54. The quantitative estimate of drug-likeness (QED) is 0.351. The molecule has 0 radical (unpaired) electrons. The minimum absolute atomic E-state index is 0.338. The normalized spacial score (nSPS) is 22.6. The molecule has 0 unspecified atom stereocenters. The number of nitrogens with zero attached hydrogens (tertiary/aromatic N) is 5. The van der Waals surface area contributed by atoms with Crippen LogP contribution in [-0.4, -0.2) is 34.6 Å². The second kappa shape index (κ2) is 11.8. The van der Waals surface area contributed by atoms with Crippen molar-refractivity contribution in [2.45, 2.75) is 76.3 Å². The van der Waals surface area contributed by atoms with Gasteiger partial charge in [0.25, 0.3) is 0 Å². The molecule has 1 heterocycles. The molecule has 6 rings (SSSR count). The number of anilines is 1. The van der Waals surface area contributed by atoms with E-state index in [1.165, 1.54) is 38.5 Å². The molecule has 3 aliphatic rings. The zero-order chi connectivity index (χ0) is 25.6. The Kier molecular flexibility index (Phi) is 7.61. The van der Waals surface area contributed by atoms with Crippen LogP contribution in [0, 0.1) is 0 Å². The minimum Gasteiger partial charge on any atom is -0.290 e. The summed E-state index contributed by atoms with van der Waals surface area (Å²) in [6, 6.07) is 31.9. The first kappa shape index (κ1) is 24.6. The molecule has 3 fully saturated rings. The molecule has 38 heavy (non-hydrogen) atoms. The fourth-order valence-electron chi connectivity index (χ4n) is 5.94. The van der Waals surface area contributed by atoms with E-state index in [9.17, 15) is 0 Å². The number of hydrogen-bond donors (Lipinski definition) is 0. The first-order valence-corrected chi connectivity index (χ1v) is 14.4. The van der Waals surface area contributed by atoms with Crippen molar-refractivity contribution < 1.29 is 0 Å². The number of benzene rings is 3. The van der Waals surface area contributed by atoms with Gasteiger partial charge in [0.1, 0.15) is 0 Å². The highest BCUT2D eigenvalue weighted by molar-refractivity contribution is 6.57. The Labute approximate surface area is 226 Å². The molecule has 0 amide bonds. The molecule has 5 heteroatoms. The zero-order valence-electron chi connectivity index (χ0n) is 22.1. The third-order valence-corrected chi connectivity index (χ3v) is 7.86. The lowest BCUT2D eigenvalue weighted by Gasteiger charge is -2.33. The molecular formula is C33H37N5. The summed E-state index contributed by atoms with van der Waals surface area (Å²) in [7, 11) is 0. The summed E-state index contributed by atoms with van der Waals surface area (Å²) in [5.41, 5.74) is 2.94. The molecule has 2 aliphatic carbocycles. The van der Waals surface area contributed by atoms with Crippen molar-refractivity contribution in [3.8, 4) is 0 Å². The van der Waals surface area contributed by atoms with Crippen molar-refractivity contribution >= 4 is 34.7 Å². The van der Waals surface area contributed by atoms with Gasteiger partial charge in [-0.3, -0.25) is 9.80 Å². The van der Waals surface area contributed by atoms with Crippen LogP contribution in [-0.2, 0) is 0 Å². The van der Waals surface area contributed by atoms with Crippen LogP contribution in [0.5, 0.6) is 0 Å². The number of para-hydroxylation sites is 3. The van der Waals surface area contributed by atoms with E-state index in [1.807, 2.05) is 24.3 Å². The molecule has 0 aromatic heterocycles. The summed E-state index contributed by atoms with van der Waals surface area (Å²) in [4.78, 5) is 20.8. The van der Waals surface area contributed by atoms with Crippen LogP contribution in [0.4, 0.5) is 17.1 Å². The van der Waals surface area contributed by atoms with Gasteiger partial charge in [-0.2, -0.15) is 0 Å². The van der Waals surface area contributed by atoms with Crippen LogP contribution < -0.4 is 4.90 Å². The molecule has 1 aliphatic heterocycles. The van der Waals surface area contributed by atoms with Gasteiger partial charge >= 0.3 is 0 Å². The smallest absolute Gasteiger partial charge is 0.213 e. The van der Waals surface area contributed by atoms with Gasteiger partial charge in [0.2, 0.25) is 5.96 Å². The van der Waals surface area contributed by atoms with E-state index in [0.717, 1.165) is 60.4 Å². The van der Waals surface area contributed by atoms with E-state index in [1.54, 1.807) is 0 Å². The number of rotatable bonds is 5. The lowest BCUT2D eigenvalue weighted by molar-refractivity contribution is 0.321. The first-order chi connectivity index (χ1) is 18.9. The fraction of sp³-hybridized carbons (Fsp3) is 0.364. The van der Waals surface area contributed by atoms with Gasteiger partial charge in [-0.1, -0.05) is 93.1 Å². The van der Waals surface area contributed by atoms with Crippen molar-refractivity contribution in [1.29, 1.82) is 0 Å². The molecule has 0 bridgehead atoms. The Morgan fingerprint density at radius 2 is 1.03 bits per heavy atom. The minimum atomic E-state index is 0.338. The summed E-state index contributed by atoms with van der Waals surface area (Å²) in [6.45, 7) is 0. The van der Waals surface area contributed by atoms with Crippen molar-refractivity contribution in [2.24, 2.45) is 15.0 Å². The molecule has 0 spiro atoms. The molecule has 3 aromatic carbocycles. The fourth-order valence-corrected chi connectivity index (χ4v) is 5.94. The van der Waals surface area contributed by atoms with E-state index in [0.29, 0.717) is 12.1 Å². The Hall–Kier alpha value is -3.73. The second-order valence-corrected chi connectivity index (χ2v) is 10.6. The van der Waals surface area contributed by atoms with Crippen molar-refractivity contribution in [3.63, 3.8) is 0 Å². The highest BCUT2D eigenvalue weighted by atomic mass is 15.5. The van der Waals surface area contributed by atoms with Crippen LogP contribution in [0.1, 0.15) is 64.2 Å². The van der Waals surface area contributed by atoms with Crippen LogP contribution in [0.3, 0.4) is 0 Å². The van der Waals surface area contributed by atoms with Crippen molar-refractivity contribution in [1.82, 2.24) is 4.90 Å². The highest BCUT2D eigenvalue weighted by Crippen LogP contribution is 2.34. The van der Waals surface area contributed by atoms with Crippen LogP contribution in [0.25, 0.3) is 0 Å². The molecule has 1 saturated heterocycles. The van der Waals surface area contributed by atoms with E-state index in [4.69, 9.17) is 15.0 Å². The average molecular weight is 504 g/mol. The molecule has 194 valence electrons. The van der Waals surface area contributed by atoms with Gasteiger partial charge in [0.05, 0.1) is 23.1 Å². The maximum Gasteiger partial charge on any atom is 0.213 e. The van der Waals surface area contributed by atoms with Crippen molar-refractivity contribution in [2.75, 3.05) is 4.90 Å². The van der Waals surface area contributed by atoms with Crippen LogP contribution in [0.15, 0.2) is 106 Å². The lowest BCUT2D eigenvalue weighted by atomic mass is 9.94. The van der Waals surface area contributed by atoms with E-state index < -0.39 is 0 Å². The summed E-state index contributed by atoms with van der Waals surface area (Å²) in [6.07, 6.45) is 12.2. The molecule has 5 nitrogen and oxygen atoms in total. The summed E-state index contributed by atoms with van der Waals surface area (Å²) < 4.78 is 0.